The summed E-state index contributed by atoms with van der Waals surface area (Å²) in [7, 11) is 0. The number of fused-ring (bicyclic) bond motifs is 1. The zero-order chi connectivity index (χ0) is 25.1. The lowest BCUT2D eigenvalue weighted by atomic mass is 9.99. The van der Waals surface area contributed by atoms with Gasteiger partial charge in [0.1, 0.15) is 6.61 Å². The predicted octanol–water partition coefficient (Wildman–Crippen LogP) is 5.21. The molecule has 2 aliphatic rings. The van der Waals surface area contributed by atoms with Gasteiger partial charge in [-0.1, -0.05) is 60.7 Å². The average Bonchev–Trinajstić information content (AvgIpc) is 2.90. The van der Waals surface area contributed by atoms with E-state index in [1.54, 1.807) is 41.3 Å². The van der Waals surface area contributed by atoms with Crippen molar-refractivity contribution < 1.29 is 19.1 Å². The van der Waals surface area contributed by atoms with E-state index in [0.717, 1.165) is 29.7 Å². The molecule has 3 aromatic rings. The number of hydrogen-bond acceptors (Lipinski definition) is 5. The molecule has 0 atom stereocenters. The second-order valence-corrected chi connectivity index (χ2v) is 9.30. The van der Waals surface area contributed by atoms with Gasteiger partial charge in [-0.15, -0.1) is 12.4 Å². The minimum Gasteiger partial charge on any atom is -0.444 e. The van der Waals surface area contributed by atoms with Crippen LogP contribution in [-0.4, -0.2) is 48.4 Å². The number of carbonyl (C=O) groups excluding carboxylic acids is 3. The van der Waals surface area contributed by atoms with Gasteiger partial charge < -0.3 is 10.1 Å². The van der Waals surface area contributed by atoms with Crippen molar-refractivity contribution in [2.75, 3.05) is 29.9 Å². The largest absolute Gasteiger partial charge is 0.444 e. The lowest BCUT2D eigenvalue weighted by molar-refractivity contribution is -0.117. The number of amides is 2. The fourth-order valence-electron chi connectivity index (χ4n) is 5.08. The number of ether oxygens (including phenoxy) is 1. The van der Waals surface area contributed by atoms with Crippen molar-refractivity contribution in [2.24, 2.45) is 0 Å². The number of rotatable bonds is 6. The average molecular weight is 520 g/mol. The minimum atomic E-state index is -0.298. The third kappa shape index (κ3) is 5.68. The van der Waals surface area contributed by atoms with Gasteiger partial charge in [0.05, 0.1) is 17.9 Å². The van der Waals surface area contributed by atoms with E-state index in [-0.39, 0.29) is 42.8 Å². The molecule has 0 bridgehead atoms. The molecule has 2 heterocycles. The van der Waals surface area contributed by atoms with Crippen LogP contribution >= 0.6 is 12.4 Å². The van der Waals surface area contributed by atoms with Crippen LogP contribution in [0.4, 0.5) is 16.2 Å². The fraction of sp³-hybridized carbons (Fsp3) is 0.276. The van der Waals surface area contributed by atoms with Crippen molar-refractivity contribution in [3.8, 4) is 0 Å². The van der Waals surface area contributed by atoms with Crippen molar-refractivity contribution in [3.63, 3.8) is 0 Å². The van der Waals surface area contributed by atoms with Crippen LogP contribution in [0.1, 0.15) is 39.9 Å². The number of halogens is 1. The summed E-state index contributed by atoms with van der Waals surface area (Å²) in [6.07, 6.45) is 1.20. The molecule has 2 amide bonds. The van der Waals surface area contributed by atoms with Crippen LogP contribution < -0.4 is 10.2 Å². The molecule has 0 unspecified atom stereocenters. The van der Waals surface area contributed by atoms with Crippen molar-refractivity contribution in [3.05, 3.63) is 95.1 Å². The van der Waals surface area contributed by atoms with E-state index in [0.29, 0.717) is 36.5 Å². The summed E-state index contributed by atoms with van der Waals surface area (Å²) >= 11 is 0. The normalized spacial score (nSPS) is 15.8. The van der Waals surface area contributed by atoms with Crippen LogP contribution in [0.2, 0.25) is 0 Å². The van der Waals surface area contributed by atoms with E-state index >= 15 is 0 Å². The smallest absolute Gasteiger partial charge is 0.414 e. The first-order valence-corrected chi connectivity index (χ1v) is 12.3. The van der Waals surface area contributed by atoms with Crippen molar-refractivity contribution in [1.29, 1.82) is 0 Å². The van der Waals surface area contributed by atoms with Gasteiger partial charge in [0, 0.05) is 35.8 Å². The van der Waals surface area contributed by atoms with Crippen molar-refractivity contribution >= 4 is 41.6 Å². The van der Waals surface area contributed by atoms with Gasteiger partial charge in [0.2, 0.25) is 5.91 Å². The Balaban J connectivity index is 0.00000320. The van der Waals surface area contributed by atoms with E-state index in [4.69, 9.17) is 4.74 Å². The van der Waals surface area contributed by atoms with Crippen molar-refractivity contribution in [2.45, 2.75) is 32.4 Å². The summed E-state index contributed by atoms with van der Waals surface area (Å²) in [6.45, 7) is 3.92. The number of ketones is 1. The highest BCUT2D eigenvalue weighted by Gasteiger charge is 2.35. The summed E-state index contributed by atoms with van der Waals surface area (Å²) in [5.41, 5.74) is 4.61. The molecule has 1 saturated heterocycles. The number of aryl methyl sites for hydroxylation is 1. The second-order valence-electron chi connectivity index (χ2n) is 9.30. The Hall–Kier alpha value is -3.68. The van der Waals surface area contributed by atoms with Crippen LogP contribution in [0.3, 0.4) is 0 Å². The molecule has 7 nitrogen and oxygen atoms in total. The quantitative estimate of drug-likeness (QED) is 0.452. The van der Waals surface area contributed by atoms with E-state index in [2.05, 4.69) is 10.2 Å². The van der Waals surface area contributed by atoms with Gasteiger partial charge in [0.15, 0.2) is 5.78 Å². The summed E-state index contributed by atoms with van der Waals surface area (Å²) in [5.74, 6) is -0.295. The number of hydrogen-bond donors (Lipinski definition) is 1. The molecule has 8 heteroatoms. The van der Waals surface area contributed by atoms with E-state index in [1.807, 2.05) is 43.3 Å². The van der Waals surface area contributed by atoms with Crippen LogP contribution in [-0.2, 0) is 16.1 Å². The number of nitrogens with zero attached hydrogens (tertiary/aromatic N) is 2. The Morgan fingerprint density at radius 2 is 1.65 bits per heavy atom. The van der Waals surface area contributed by atoms with Gasteiger partial charge in [0.25, 0.3) is 0 Å². The zero-order valence-corrected chi connectivity index (χ0v) is 21.5. The molecule has 0 aromatic heterocycles. The predicted molar refractivity (Wildman–Crippen MR) is 145 cm³/mol. The van der Waals surface area contributed by atoms with Crippen molar-refractivity contribution in [1.82, 2.24) is 4.90 Å². The van der Waals surface area contributed by atoms with Gasteiger partial charge >= 0.3 is 6.09 Å². The SMILES string of the molecule is Cc1cccc2c1N(C1CCN(CC(=O)Nc3ccccc3C(=O)c3ccccc3)CC1)C(=O)OC2.Cl. The maximum Gasteiger partial charge on any atom is 0.414 e. The first kappa shape index (κ1) is 26.4. The molecule has 0 spiro atoms. The van der Waals surface area contributed by atoms with E-state index in [1.165, 1.54) is 0 Å². The maximum absolute atomic E-state index is 13.0. The Morgan fingerprint density at radius 1 is 0.946 bits per heavy atom. The van der Waals surface area contributed by atoms with Gasteiger partial charge in [-0.2, -0.15) is 0 Å². The monoisotopic (exact) mass is 519 g/mol. The molecule has 1 fully saturated rings. The first-order valence-electron chi connectivity index (χ1n) is 12.3. The highest BCUT2D eigenvalue weighted by molar-refractivity contribution is 6.13. The van der Waals surface area contributed by atoms with Gasteiger partial charge in [-0.25, -0.2) is 4.79 Å². The lowest BCUT2D eigenvalue weighted by Crippen LogP contribution is -2.50. The summed E-state index contributed by atoms with van der Waals surface area (Å²) in [5, 5.41) is 2.92. The summed E-state index contributed by atoms with van der Waals surface area (Å²) in [6, 6.07) is 22.2. The van der Waals surface area contributed by atoms with Crippen LogP contribution in [0.25, 0.3) is 0 Å². The minimum absolute atomic E-state index is 0. The molecule has 0 saturated carbocycles. The molecular weight excluding hydrogens is 490 g/mol. The molecule has 5 rings (SSSR count). The number of carbonyl (C=O) groups is 3. The molecular formula is C29H30ClN3O4. The molecule has 2 aliphatic heterocycles. The Labute approximate surface area is 222 Å². The highest BCUT2D eigenvalue weighted by Crippen LogP contribution is 2.34. The molecule has 0 aliphatic carbocycles. The highest BCUT2D eigenvalue weighted by atomic mass is 35.5. The number of para-hydroxylation sites is 2. The number of piperidine rings is 1. The second kappa shape index (κ2) is 11.6. The molecule has 3 aromatic carbocycles. The molecule has 1 N–H and O–H groups in total. The molecule has 192 valence electrons. The van der Waals surface area contributed by atoms with Gasteiger partial charge in [-0.3, -0.25) is 19.4 Å². The first-order chi connectivity index (χ1) is 17.5. The Bertz CT molecular complexity index is 1290. The fourth-order valence-corrected chi connectivity index (χ4v) is 5.08. The lowest BCUT2D eigenvalue weighted by Gasteiger charge is -2.40. The zero-order valence-electron chi connectivity index (χ0n) is 20.7. The van der Waals surface area contributed by atoms with E-state index < -0.39 is 0 Å². The number of cyclic esters (lactones) is 1. The number of likely N-dealkylation sites (tertiary alicyclic amines) is 1. The molecule has 37 heavy (non-hydrogen) atoms. The summed E-state index contributed by atoms with van der Waals surface area (Å²) < 4.78 is 5.43. The van der Waals surface area contributed by atoms with Gasteiger partial charge in [-0.05, 0) is 37.5 Å². The van der Waals surface area contributed by atoms with Crippen LogP contribution in [0.15, 0.2) is 72.8 Å². The Kier molecular flexibility index (Phi) is 8.26. The number of benzene rings is 3. The van der Waals surface area contributed by atoms with Crippen LogP contribution in [0, 0.1) is 6.92 Å². The van der Waals surface area contributed by atoms with Crippen LogP contribution in [0.5, 0.6) is 0 Å². The summed E-state index contributed by atoms with van der Waals surface area (Å²) in [4.78, 5) is 42.4. The third-order valence-electron chi connectivity index (χ3n) is 6.88. The van der Waals surface area contributed by atoms with E-state index in [9.17, 15) is 14.4 Å². The molecule has 0 radical (unpaired) electrons. The standard InChI is InChI=1S/C29H29N3O4.ClH/c1-20-8-7-11-22-19-36-29(35)32(27(20)22)23-14-16-31(17-15-23)18-26(33)30-25-13-6-5-12-24(25)28(34)21-9-3-2-4-10-21;/h2-13,23H,14-19H2,1H3,(H,30,33);1H. The third-order valence-corrected chi connectivity index (χ3v) is 6.88. The Morgan fingerprint density at radius 3 is 2.41 bits per heavy atom. The number of nitrogens with one attached hydrogen (secondary N) is 1. The topological polar surface area (TPSA) is 79.0 Å². The number of anilines is 2. The maximum atomic E-state index is 13.0.